The molecule has 0 fully saturated rings. The van der Waals surface area contributed by atoms with E-state index in [1.165, 1.54) is 11.1 Å². The van der Waals surface area contributed by atoms with Crippen molar-refractivity contribution in [2.24, 2.45) is 0 Å². The van der Waals surface area contributed by atoms with E-state index in [0.717, 1.165) is 0 Å². The molecular formula is C13H17IN2. The Hall–Kier alpha value is -1.10. The molecule has 0 aliphatic carbocycles. The molecule has 2 aromatic rings. The lowest BCUT2D eigenvalue weighted by molar-refractivity contribution is 1.14. The smallest absolute Gasteiger partial charge is 0.0986 e. The first-order chi connectivity index (χ1) is 7.22. The van der Waals surface area contributed by atoms with Crippen LogP contribution in [0.3, 0.4) is 0 Å². The molecule has 3 heteroatoms. The van der Waals surface area contributed by atoms with Crippen LogP contribution in [0, 0.1) is 13.8 Å². The van der Waals surface area contributed by atoms with Gasteiger partial charge in [0.1, 0.15) is 0 Å². The van der Waals surface area contributed by atoms with Crippen molar-refractivity contribution in [1.82, 2.24) is 9.55 Å². The number of aromatic nitrogens is 2. The summed E-state index contributed by atoms with van der Waals surface area (Å²) in [5.41, 5.74) is 2.66. The standard InChI is InChI=1S/C8H10.C5H6N2.HI/c1-7-3-5-8(2)6-4-7;1-2-7-4-3-6-5-7;/h3-6H,1-2H3;2-5H,1H2;1H. The predicted octanol–water partition coefficient (Wildman–Crippen LogP) is 3.91. The number of hydrogen-bond donors (Lipinski definition) is 0. The highest BCUT2D eigenvalue weighted by atomic mass is 127. The van der Waals surface area contributed by atoms with Gasteiger partial charge in [-0.2, -0.15) is 0 Å². The van der Waals surface area contributed by atoms with Crippen molar-refractivity contribution in [3.63, 3.8) is 0 Å². The highest BCUT2D eigenvalue weighted by Gasteiger charge is 1.79. The van der Waals surface area contributed by atoms with E-state index in [1.807, 2.05) is 6.20 Å². The summed E-state index contributed by atoms with van der Waals surface area (Å²) < 4.78 is 1.78. The first-order valence-corrected chi connectivity index (χ1v) is 4.85. The lowest BCUT2D eigenvalue weighted by atomic mass is 10.2. The number of aryl methyl sites for hydroxylation is 2. The number of hydrogen-bond acceptors (Lipinski definition) is 1. The highest BCUT2D eigenvalue weighted by Crippen LogP contribution is 1.99. The van der Waals surface area contributed by atoms with Crippen LogP contribution in [0.2, 0.25) is 0 Å². The highest BCUT2D eigenvalue weighted by molar-refractivity contribution is 14.0. The Balaban J connectivity index is 0.000000267. The molecule has 1 aromatic heterocycles. The van der Waals surface area contributed by atoms with Crippen LogP contribution in [0.15, 0.2) is 49.6 Å². The molecule has 16 heavy (non-hydrogen) atoms. The van der Waals surface area contributed by atoms with Crippen LogP contribution in [-0.2, 0) is 0 Å². The van der Waals surface area contributed by atoms with E-state index in [2.05, 4.69) is 49.7 Å². The number of halogens is 1. The van der Waals surface area contributed by atoms with E-state index in [9.17, 15) is 0 Å². The van der Waals surface area contributed by atoms with Gasteiger partial charge < -0.3 is 4.57 Å². The predicted molar refractivity (Wildman–Crippen MR) is 79.9 cm³/mol. The quantitative estimate of drug-likeness (QED) is 0.726. The maximum absolute atomic E-state index is 3.78. The second-order valence-corrected chi connectivity index (χ2v) is 3.35. The Kier molecular flexibility index (Phi) is 7.54. The van der Waals surface area contributed by atoms with Gasteiger partial charge in [-0.3, -0.25) is 0 Å². The van der Waals surface area contributed by atoms with E-state index in [4.69, 9.17) is 0 Å². The summed E-state index contributed by atoms with van der Waals surface area (Å²) in [6.07, 6.45) is 6.91. The summed E-state index contributed by atoms with van der Waals surface area (Å²) in [5, 5.41) is 0. The van der Waals surface area contributed by atoms with Gasteiger partial charge >= 0.3 is 0 Å². The molecule has 0 N–H and O–H groups in total. The molecule has 2 rings (SSSR count). The SMILES string of the molecule is C=Cn1ccnc1.Cc1ccc(C)cc1.I. The zero-order chi connectivity index (χ0) is 11.1. The van der Waals surface area contributed by atoms with E-state index in [0.29, 0.717) is 0 Å². The van der Waals surface area contributed by atoms with Gasteiger partial charge in [0.25, 0.3) is 0 Å². The fourth-order valence-electron chi connectivity index (χ4n) is 1.01. The van der Waals surface area contributed by atoms with Gasteiger partial charge in [-0.1, -0.05) is 42.0 Å². The van der Waals surface area contributed by atoms with Crippen LogP contribution in [0.25, 0.3) is 6.20 Å². The summed E-state index contributed by atoms with van der Waals surface area (Å²) >= 11 is 0. The third kappa shape index (κ3) is 5.70. The average molecular weight is 328 g/mol. The van der Waals surface area contributed by atoms with Gasteiger partial charge in [-0.05, 0) is 13.8 Å². The Labute approximate surface area is 114 Å². The van der Waals surface area contributed by atoms with Gasteiger partial charge in [0.05, 0.1) is 6.33 Å². The number of imidazole rings is 1. The number of nitrogens with zero attached hydrogens (tertiary/aromatic N) is 2. The second kappa shape index (κ2) is 8.10. The molecule has 0 aliphatic rings. The summed E-state index contributed by atoms with van der Waals surface area (Å²) in [7, 11) is 0. The third-order valence-corrected chi connectivity index (χ3v) is 1.95. The van der Waals surface area contributed by atoms with Gasteiger partial charge in [-0.15, -0.1) is 24.0 Å². The Bertz CT molecular complexity index is 369. The van der Waals surface area contributed by atoms with Crippen LogP contribution in [0.1, 0.15) is 11.1 Å². The molecule has 0 aliphatic heterocycles. The van der Waals surface area contributed by atoms with Crippen molar-refractivity contribution in [1.29, 1.82) is 0 Å². The minimum absolute atomic E-state index is 0. The second-order valence-electron chi connectivity index (χ2n) is 3.35. The van der Waals surface area contributed by atoms with E-state index >= 15 is 0 Å². The van der Waals surface area contributed by atoms with E-state index < -0.39 is 0 Å². The van der Waals surface area contributed by atoms with E-state index in [-0.39, 0.29) is 24.0 Å². The van der Waals surface area contributed by atoms with Crippen LogP contribution in [0.4, 0.5) is 0 Å². The summed E-state index contributed by atoms with van der Waals surface area (Å²) in [6.45, 7) is 7.72. The molecule has 0 radical (unpaired) electrons. The van der Waals surface area contributed by atoms with Crippen molar-refractivity contribution in [2.75, 3.05) is 0 Å². The molecule has 1 aromatic carbocycles. The Morgan fingerprint density at radius 2 is 1.62 bits per heavy atom. The minimum Gasteiger partial charge on any atom is -0.314 e. The molecule has 0 saturated heterocycles. The molecule has 0 spiro atoms. The molecule has 0 bridgehead atoms. The van der Waals surface area contributed by atoms with Crippen LogP contribution >= 0.6 is 24.0 Å². The molecular weight excluding hydrogens is 311 g/mol. The van der Waals surface area contributed by atoms with E-state index in [1.54, 1.807) is 23.3 Å². The first-order valence-electron chi connectivity index (χ1n) is 4.85. The van der Waals surface area contributed by atoms with Crippen molar-refractivity contribution in [2.45, 2.75) is 13.8 Å². The topological polar surface area (TPSA) is 17.8 Å². The first kappa shape index (κ1) is 14.9. The molecule has 0 atom stereocenters. The van der Waals surface area contributed by atoms with Gasteiger partial charge in [0.2, 0.25) is 0 Å². The molecule has 2 nitrogen and oxygen atoms in total. The van der Waals surface area contributed by atoms with Crippen LogP contribution in [-0.4, -0.2) is 9.55 Å². The molecule has 0 amide bonds. The maximum atomic E-state index is 3.78. The van der Waals surface area contributed by atoms with Crippen molar-refractivity contribution >= 4 is 30.2 Å². The fraction of sp³-hybridized carbons (Fsp3) is 0.154. The normalized spacial score (nSPS) is 8.38. The number of benzene rings is 1. The van der Waals surface area contributed by atoms with Crippen LogP contribution < -0.4 is 0 Å². The molecule has 0 saturated carbocycles. The van der Waals surface area contributed by atoms with Gasteiger partial charge in [-0.25, -0.2) is 4.98 Å². The van der Waals surface area contributed by atoms with Crippen molar-refractivity contribution in [3.8, 4) is 0 Å². The van der Waals surface area contributed by atoms with Gasteiger partial charge in [0, 0.05) is 18.6 Å². The summed E-state index contributed by atoms with van der Waals surface area (Å²) in [6, 6.07) is 8.48. The largest absolute Gasteiger partial charge is 0.314 e. The number of rotatable bonds is 1. The Morgan fingerprint density at radius 1 is 1.12 bits per heavy atom. The zero-order valence-corrected chi connectivity index (χ0v) is 12.0. The van der Waals surface area contributed by atoms with Gasteiger partial charge in [0.15, 0.2) is 0 Å². The maximum Gasteiger partial charge on any atom is 0.0986 e. The fourth-order valence-corrected chi connectivity index (χ4v) is 1.01. The van der Waals surface area contributed by atoms with Crippen molar-refractivity contribution in [3.05, 3.63) is 60.7 Å². The molecule has 1 heterocycles. The molecule has 86 valence electrons. The van der Waals surface area contributed by atoms with Crippen molar-refractivity contribution < 1.29 is 0 Å². The lowest BCUT2D eigenvalue weighted by Crippen LogP contribution is -1.73. The average Bonchev–Trinajstić information content (AvgIpc) is 2.76. The lowest BCUT2D eigenvalue weighted by Gasteiger charge is -1.90. The van der Waals surface area contributed by atoms with Crippen LogP contribution in [0.5, 0.6) is 0 Å². The Morgan fingerprint density at radius 3 is 1.88 bits per heavy atom. The molecule has 0 unspecified atom stereocenters. The third-order valence-electron chi connectivity index (χ3n) is 1.95. The zero-order valence-electron chi connectivity index (χ0n) is 9.63. The summed E-state index contributed by atoms with van der Waals surface area (Å²) in [4.78, 5) is 3.78. The minimum atomic E-state index is 0. The monoisotopic (exact) mass is 328 g/mol. The summed E-state index contributed by atoms with van der Waals surface area (Å²) in [5.74, 6) is 0.